The summed E-state index contributed by atoms with van der Waals surface area (Å²) in [5.41, 5.74) is 2.40. The Hall–Kier alpha value is -2.27. The van der Waals surface area contributed by atoms with Gasteiger partial charge in [-0.05, 0) is 61.1 Å². The summed E-state index contributed by atoms with van der Waals surface area (Å²) in [6.07, 6.45) is 0. The van der Waals surface area contributed by atoms with E-state index in [1.807, 2.05) is 37.3 Å². The molecule has 0 saturated carbocycles. The largest absolute Gasteiger partial charge is 0.506 e. The van der Waals surface area contributed by atoms with Crippen LogP contribution < -0.4 is 15.4 Å². The predicted molar refractivity (Wildman–Crippen MR) is 85.7 cm³/mol. The minimum Gasteiger partial charge on any atom is -0.506 e. The van der Waals surface area contributed by atoms with Crippen LogP contribution in [0.4, 0.5) is 11.4 Å². The van der Waals surface area contributed by atoms with Gasteiger partial charge in [-0.2, -0.15) is 0 Å². The van der Waals surface area contributed by atoms with Gasteiger partial charge in [-0.15, -0.1) is 0 Å². The lowest BCUT2D eigenvalue weighted by atomic mass is 10.2. The van der Waals surface area contributed by atoms with Gasteiger partial charge in [0, 0.05) is 5.69 Å². The standard InChI is InChI=1S/C15H16N2O2S/c1-10-3-8-13(14(18)9-10)17-15(20)16-11-4-6-12(19-2)7-5-11/h3-9,18H,1-2H3,(H2,16,17,20). The highest BCUT2D eigenvalue weighted by Gasteiger charge is 2.04. The van der Waals surface area contributed by atoms with Crippen molar-refractivity contribution in [2.75, 3.05) is 17.7 Å². The van der Waals surface area contributed by atoms with Crippen molar-refractivity contribution >= 4 is 28.7 Å². The van der Waals surface area contributed by atoms with Crippen molar-refractivity contribution < 1.29 is 9.84 Å². The summed E-state index contributed by atoms with van der Waals surface area (Å²) >= 11 is 5.21. The molecule has 0 aliphatic heterocycles. The van der Waals surface area contributed by atoms with Gasteiger partial charge < -0.3 is 20.5 Å². The lowest BCUT2D eigenvalue weighted by Crippen LogP contribution is -2.19. The first kappa shape index (κ1) is 14.1. The molecule has 0 aliphatic rings. The fraction of sp³-hybridized carbons (Fsp3) is 0.133. The Morgan fingerprint density at radius 2 is 1.80 bits per heavy atom. The molecule has 0 atom stereocenters. The van der Waals surface area contributed by atoms with E-state index in [-0.39, 0.29) is 5.75 Å². The Labute approximate surface area is 123 Å². The van der Waals surface area contributed by atoms with E-state index in [2.05, 4.69) is 10.6 Å². The molecule has 0 saturated heterocycles. The van der Waals surface area contributed by atoms with Crippen LogP contribution in [0, 0.1) is 6.92 Å². The number of benzene rings is 2. The third-order valence-electron chi connectivity index (χ3n) is 2.75. The molecular weight excluding hydrogens is 272 g/mol. The van der Waals surface area contributed by atoms with Crippen LogP contribution in [0.25, 0.3) is 0 Å². The minimum absolute atomic E-state index is 0.170. The van der Waals surface area contributed by atoms with E-state index in [4.69, 9.17) is 17.0 Å². The molecule has 20 heavy (non-hydrogen) atoms. The highest BCUT2D eigenvalue weighted by molar-refractivity contribution is 7.80. The first-order chi connectivity index (χ1) is 9.58. The second-order valence-corrected chi connectivity index (χ2v) is 4.74. The Morgan fingerprint density at radius 1 is 1.10 bits per heavy atom. The van der Waals surface area contributed by atoms with Gasteiger partial charge in [-0.1, -0.05) is 6.07 Å². The first-order valence-corrected chi connectivity index (χ1v) is 6.51. The highest BCUT2D eigenvalue weighted by atomic mass is 32.1. The van der Waals surface area contributed by atoms with Crippen molar-refractivity contribution in [1.82, 2.24) is 0 Å². The van der Waals surface area contributed by atoms with Crippen molar-refractivity contribution in [2.45, 2.75) is 6.92 Å². The second-order valence-electron chi connectivity index (χ2n) is 4.33. The summed E-state index contributed by atoms with van der Waals surface area (Å²) in [7, 11) is 1.62. The Morgan fingerprint density at radius 3 is 2.40 bits per heavy atom. The molecule has 4 nitrogen and oxygen atoms in total. The van der Waals surface area contributed by atoms with Crippen LogP contribution >= 0.6 is 12.2 Å². The van der Waals surface area contributed by atoms with Gasteiger partial charge in [0.2, 0.25) is 0 Å². The van der Waals surface area contributed by atoms with E-state index in [1.165, 1.54) is 0 Å². The number of ether oxygens (including phenoxy) is 1. The van der Waals surface area contributed by atoms with Gasteiger partial charge in [0.1, 0.15) is 11.5 Å². The van der Waals surface area contributed by atoms with E-state index >= 15 is 0 Å². The SMILES string of the molecule is COc1ccc(NC(=S)Nc2ccc(C)cc2O)cc1. The molecule has 5 heteroatoms. The number of hydrogen-bond donors (Lipinski definition) is 3. The number of phenolic OH excluding ortho intramolecular Hbond substituents is 1. The Bertz CT molecular complexity index is 612. The number of aryl methyl sites for hydroxylation is 1. The zero-order valence-corrected chi connectivity index (χ0v) is 12.1. The van der Waals surface area contributed by atoms with Gasteiger partial charge in [0.05, 0.1) is 12.8 Å². The first-order valence-electron chi connectivity index (χ1n) is 6.10. The van der Waals surface area contributed by atoms with E-state index in [0.717, 1.165) is 17.0 Å². The molecule has 0 fully saturated rings. The molecule has 0 amide bonds. The molecule has 0 unspecified atom stereocenters. The molecular formula is C15H16N2O2S. The number of nitrogens with one attached hydrogen (secondary N) is 2. The maximum atomic E-state index is 9.81. The van der Waals surface area contributed by atoms with Gasteiger partial charge in [0.15, 0.2) is 5.11 Å². The molecule has 3 N–H and O–H groups in total. The summed E-state index contributed by atoms with van der Waals surface area (Å²) in [5.74, 6) is 0.953. The molecule has 2 rings (SSSR count). The van der Waals surface area contributed by atoms with E-state index in [0.29, 0.717) is 10.8 Å². The number of methoxy groups -OCH3 is 1. The monoisotopic (exact) mass is 288 g/mol. The molecule has 0 heterocycles. The molecule has 0 radical (unpaired) electrons. The van der Waals surface area contributed by atoms with Gasteiger partial charge in [-0.3, -0.25) is 0 Å². The molecule has 0 spiro atoms. The number of aromatic hydroxyl groups is 1. The Kier molecular flexibility index (Phi) is 4.42. The van der Waals surface area contributed by atoms with Crippen LogP contribution in [0.15, 0.2) is 42.5 Å². The predicted octanol–water partition coefficient (Wildman–Crippen LogP) is 3.52. The van der Waals surface area contributed by atoms with Gasteiger partial charge in [-0.25, -0.2) is 0 Å². The Balaban J connectivity index is 2.01. The van der Waals surface area contributed by atoms with Crippen molar-refractivity contribution in [3.05, 3.63) is 48.0 Å². The maximum Gasteiger partial charge on any atom is 0.175 e. The molecule has 2 aromatic carbocycles. The number of phenols is 1. The number of thiocarbonyl (C=S) groups is 1. The van der Waals surface area contributed by atoms with Crippen molar-refractivity contribution in [3.8, 4) is 11.5 Å². The molecule has 104 valence electrons. The van der Waals surface area contributed by atoms with Crippen molar-refractivity contribution in [1.29, 1.82) is 0 Å². The fourth-order valence-corrected chi connectivity index (χ4v) is 1.93. The lowest BCUT2D eigenvalue weighted by Gasteiger charge is -2.12. The van der Waals surface area contributed by atoms with Crippen molar-refractivity contribution in [2.24, 2.45) is 0 Å². The third-order valence-corrected chi connectivity index (χ3v) is 2.95. The van der Waals surface area contributed by atoms with Crippen LogP contribution in [-0.4, -0.2) is 17.3 Å². The van der Waals surface area contributed by atoms with Crippen LogP contribution in [0.5, 0.6) is 11.5 Å². The highest BCUT2D eigenvalue weighted by Crippen LogP contribution is 2.24. The van der Waals surface area contributed by atoms with Crippen molar-refractivity contribution in [3.63, 3.8) is 0 Å². The normalized spacial score (nSPS) is 9.90. The van der Waals surface area contributed by atoms with E-state index in [9.17, 15) is 5.11 Å². The van der Waals surface area contributed by atoms with E-state index in [1.54, 1.807) is 19.2 Å². The molecule has 0 aliphatic carbocycles. The summed E-state index contributed by atoms with van der Waals surface area (Å²) in [5, 5.41) is 16.2. The summed E-state index contributed by atoms with van der Waals surface area (Å²) in [4.78, 5) is 0. The number of rotatable bonds is 3. The number of hydrogen-bond acceptors (Lipinski definition) is 3. The molecule has 0 aromatic heterocycles. The fourth-order valence-electron chi connectivity index (χ4n) is 1.71. The zero-order chi connectivity index (χ0) is 14.5. The van der Waals surface area contributed by atoms with Crippen LogP contribution in [0.3, 0.4) is 0 Å². The third kappa shape index (κ3) is 3.61. The topological polar surface area (TPSA) is 53.5 Å². The summed E-state index contributed by atoms with van der Waals surface area (Å²) in [6.45, 7) is 1.91. The molecule has 0 bridgehead atoms. The molecule has 2 aromatic rings. The van der Waals surface area contributed by atoms with E-state index < -0.39 is 0 Å². The smallest absolute Gasteiger partial charge is 0.175 e. The summed E-state index contributed by atoms with van der Waals surface area (Å²) < 4.78 is 5.09. The average molecular weight is 288 g/mol. The quantitative estimate of drug-likeness (QED) is 0.596. The lowest BCUT2D eigenvalue weighted by molar-refractivity contribution is 0.415. The van der Waals surface area contributed by atoms with Gasteiger partial charge >= 0.3 is 0 Å². The van der Waals surface area contributed by atoms with Crippen LogP contribution in [0.1, 0.15) is 5.56 Å². The zero-order valence-electron chi connectivity index (χ0n) is 11.3. The number of anilines is 2. The second kappa shape index (κ2) is 6.25. The minimum atomic E-state index is 0.170. The van der Waals surface area contributed by atoms with Crippen LogP contribution in [0.2, 0.25) is 0 Å². The van der Waals surface area contributed by atoms with Crippen LogP contribution in [-0.2, 0) is 0 Å². The maximum absolute atomic E-state index is 9.81. The summed E-state index contributed by atoms with van der Waals surface area (Å²) in [6, 6.07) is 12.8. The van der Waals surface area contributed by atoms with Gasteiger partial charge in [0.25, 0.3) is 0 Å². The average Bonchev–Trinajstić information content (AvgIpc) is 2.43.